The zero-order chi connectivity index (χ0) is 14.2. The predicted molar refractivity (Wildman–Crippen MR) is 79.4 cm³/mol. The SMILES string of the molecule is O=S(=O)(c1ccccc1Cl)N(CC1CCCN1)C1CC1. The Balaban J connectivity index is 1.87. The lowest BCUT2D eigenvalue weighted by atomic mass is 10.2. The van der Waals surface area contributed by atoms with Gasteiger partial charge in [-0.2, -0.15) is 4.31 Å². The second-order valence-corrected chi connectivity index (χ2v) is 7.80. The fourth-order valence-corrected chi connectivity index (χ4v) is 4.94. The molecule has 0 amide bonds. The molecule has 20 heavy (non-hydrogen) atoms. The van der Waals surface area contributed by atoms with Crippen molar-refractivity contribution in [1.82, 2.24) is 9.62 Å². The van der Waals surface area contributed by atoms with Gasteiger partial charge in [-0.25, -0.2) is 8.42 Å². The average molecular weight is 315 g/mol. The highest BCUT2D eigenvalue weighted by Gasteiger charge is 2.40. The Morgan fingerprint density at radius 1 is 1.25 bits per heavy atom. The molecule has 0 aromatic heterocycles. The minimum absolute atomic E-state index is 0.152. The molecule has 1 N–H and O–H groups in total. The van der Waals surface area contributed by atoms with E-state index < -0.39 is 10.0 Å². The van der Waals surface area contributed by atoms with Crippen molar-refractivity contribution in [3.05, 3.63) is 29.3 Å². The van der Waals surface area contributed by atoms with Gasteiger partial charge >= 0.3 is 0 Å². The van der Waals surface area contributed by atoms with Crippen LogP contribution in [0.25, 0.3) is 0 Å². The van der Waals surface area contributed by atoms with Crippen molar-refractivity contribution in [2.24, 2.45) is 0 Å². The third-order valence-electron chi connectivity index (χ3n) is 3.94. The molecular weight excluding hydrogens is 296 g/mol. The number of hydrogen-bond acceptors (Lipinski definition) is 3. The number of rotatable bonds is 5. The standard InChI is InChI=1S/C14H19ClN2O2S/c15-13-5-1-2-6-14(13)20(18,19)17(12-7-8-12)10-11-4-3-9-16-11/h1-2,5-6,11-12,16H,3-4,7-10H2. The fourth-order valence-electron chi connectivity index (χ4n) is 2.72. The summed E-state index contributed by atoms with van der Waals surface area (Å²) in [6, 6.07) is 7.12. The molecule has 1 unspecified atom stereocenters. The van der Waals surface area contributed by atoms with E-state index in [0.29, 0.717) is 11.6 Å². The summed E-state index contributed by atoms with van der Waals surface area (Å²) in [4.78, 5) is 0.228. The maximum atomic E-state index is 12.8. The van der Waals surface area contributed by atoms with Crippen LogP contribution in [0.5, 0.6) is 0 Å². The van der Waals surface area contributed by atoms with Crippen LogP contribution in [0.3, 0.4) is 0 Å². The summed E-state index contributed by atoms with van der Waals surface area (Å²) >= 11 is 6.07. The fraction of sp³-hybridized carbons (Fsp3) is 0.571. The molecule has 0 spiro atoms. The van der Waals surface area contributed by atoms with E-state index in [0.717, 1.165) is 32.2 Å². The van der Waals surface area contributed by atoms with Crippen LogP contribution in [0, 0.1) is 0 Å². The molecule has 2 fully saturated rings. The van der Waals surface area contributed by atoms with Gasteiger partial charge in [0.05, 0.1) is 5.02 Å². The van der Waals surface area contributed by atoms with Crippen molar-refractivity contribution in [2.45, 2.75) is 42.7 Å². The smallest absolute Gasteiger partial charge is 0.244 e. The van der Waals surface area contributed by atoms with E-state index >= 15 is 0 Å². The summed E-state index contributed by atoms with van der Waals surface area (Å²) < 4.78 is 27.3. The van der Waals surface area contributed by atoms with Crippen LogP contribution < -0.4 is 5.32 Å². The minimum atomic E-state index is -3.49. The average Bonchev–Trinajstić information content (AvgIpc) is 3.12. The molecule has 1 aromatic rings. The first-order chi connectivity index (χ1) is 9.59. The van der Waals surface area contributed by atoms with Crippen molar-refractivity contribution in [2.75, 3.05) is 13.1 Å². The Morgan fingerprint density at radius 2 is 2.00 bits per heavy atom. The maximum absolute atomic E-state index is 12.8. The molecule has 1 atom stereocenters. The molecule has 1 aliphatic heterocycles. The third kappa shape index (κ3) is 2.86. The van der Waals surface area contributed by atoms with Crippen LogP contribution in [-0.2, 0) is 10.0 Å². The van der Waals surface area contributed by atoms with Gasteiger partial charge in [0.15, 0.2) is 0 Å². The van der Waals surface area contributed by atoms with Crippen molar-refractivity contribution in [1.29, 1.82) is 0 Å². The van der Waals surface area contributed by atoms with Crippen molar-refractivity contribution >= 4 is 21.6 Å². The molecule has 110 valence electrons. The maximum Gasteiger partial charge on any atom is 0.244 e. The van der Waals surface area contributed by atoms with E-state index in [1.54, 1.807) is 28.6 Å². The van der Waals surface area contributed by atoms with E-state index in [9.17, 15) is 8.42 Å². The van der Waals surface area contributed by atoms with Crippen LogP contribution >= 0.6 is 11.6 Å². The Bertz CT molecular complexity index is 581. The molecule has 1 saturated carbocycles. The molecule has 1 aliphatic carbocycles. The van der Waals surface area contributed by atoms with Gasteiger partial charge in [0.1, 0.15) is 4.90 Å². The molecule has 1 aromatic carbocycles. The van der Waals surface area contributed by atoms with Crippen molar-refractivity contribution in [3.8, 4) is 0 Å². The summed E-state index contributed by atoms with van der Waals surface area (Å²) in [5, 5.41) is 3.67. The summed E-state index contributed by atoms with van der Waals surface area (Å²) in [5.74, 6) is 0. The Hall–Kier alpha value is -0.620. The lowest BCUT2D eigenvalue weighted by Gasteiger charge is -2.25. The highest BCUT2D eigenvalue weighted by Crippen LogP contribution is 2.34. The summed E-state index contributed by atoms with van der Waals surface area (Å²) in [5.41, 5.74) is 0. The topological polar surface area (TPSA) is 49.4 Å². The summed E-state index contributed by atoms with van der Waals surface area (Å²) in [6.45, 7) is 1.54. The number of benzene rings is 1. The molecule has 0 bridgehead atoms. The number of nitrogens with zero attached hydrogens (tertiary/aromatic N) is 1. The van der Waals surface area contributed by atoms with E-state index in [1.165, 1.54) is 0 Å². The Morgan fingerprint density at radius 3 is 2.60 bits per heavy atom. The minimum Gasteiger partial charge on any atom is -0.313 e. The van der Waals surface area contributed by atoms with Crippen LogP contribution in [0.4, 0.5) is 0 Å². The summed E-state index contributed by atoms with van der Waals surface area (Å²) in [7, 11) is -3.49. The number of sulfonamides is 1. The highest BCUT2D eigenvalue weighted by molar-refractivity contribution is 7.89. The van der Waals surface area contributed by atoms with Gasteiger partial charge in [-0.05, 0) is 44.4 Å². The largest absolute Gasteiger partial charge is 0.313 e. The van der Waals surface area contributed by atoms with E-state index in [4.69, 9.17) is 11.6 Å². The summed E-state index contributed by atoms with van der Waals surface area (Å²) in [6.07, 6.45) is 4.07. The van der Waals surface area contributed by atoms with Gasteiger partial charge in [0.25, 0.3) is 0 Å². The molecule has 1 heterocycles. The number of hydrogen-bond donors (Lipinski definition) is 1. The van der Waals surface area contributed by atoms with Gasteiger partial charge in [0.2, 0.25) is 10.0 Å². The quantitative estimate of drug-likeness (QED) is 0.907. The Labute approximate surface area is 125 Å². The van der Waals surface area contributed by atoms with E-state index in [2.05, 4.69) is 5.32 Å². The van der Waals surface area contributed by atoms with Crippen molar-refractivity contribution < 1.29 is 8.42 Å². The highest BCUT2D eigenvalue weighted by atomic mass is 35.5. The lowest BCUT2D eigenvalue weighted by Crippen LogP contribution is -2.42. The van der Waals surface area contributed by atoms with E-state index in [1.807, 2.05) is 0 Å². The second kappa shape index (κ2) is 5.64. The zero-order valence-electron chi connectivity index (χ0n) is 11.3. The number of halogens is 1. The monoisotopic (exact) mass is 314 g/mol. The predicted octanol–water partition coefficient (Wildman–Crippen LogP) is 2.25. The molecule has 2 aliphatic rings. The van der Waals surface area contributed by atoms with Gasteiger partial charge in [-0.3, -0.25) is 0 Å². The van der Waals surface area contributed by atoms with Gasteiger partial charge < -0.3 is 5.32 Å². The molecular formula is C14H19ClN2O2S. The normalized spacial score (nSPS) is 23.4. The van der Waals surface area contributed by atoms with Crippen LogP contribution in [0.1, 0.15) is 25.7 Å². The molecule has 1 saturated heterocycles. The van der Waals surface area contributed by atoms with Crippen LogP contribution in [-0.4, -0.2) is 37.9 Å². The molecule has 6 heteroatoms. The first kappa shape index (κ1) is 14.3. The lowest BCUT2D eigenvalue weighted by molar-refractivity contribution is 0.363. The molecule has 0 radical (unpaired) electrons. The van der Waals surface area contributed by atoms with E-state index in [-0.39, 0.29) is 17.0 Å². The first-order valence-corrected chi connectivity index (χ1v) is 8.90. The van der Waals surface area contributed by atoms with Gasteiger partial charge in [0, 0.05) is 18.6 Å². The second-order valence-electron chi connectivity index (χ2n) is 5.53. The Kier molecular flexibility index (Phi) is 4.04. The van der Waals surface area contributed by atoms with Crippen LogP contribution in [0.2, 0.25) is 5.02 Å². The first-order valence-electron chi connectivity index (χ1n) is 7.09. The third-order valence-corrected chi connectivity index (χ3v) is 6.36. The molecule has 3 rings (SSSR count). The van der Waals surface area contributed by atoms with Crippen LogP contribution in [0.15, 0.2) is 29.2 Å². The van der Waals surface area contributed by atoms with Crippen molar-refractivity contribution in [3.63, 3.8) is 0 Å². The molecule has 4 nitrogen and oxygen atoms in total. The van der Waals surface area contributed by atoms with Gasteiger partial charge in [-0.15, -0.1) is 0 Å². The zero-order valence-corrected chi connectivity index (χ0v) is 12.8. The van der Waals surface area contributed by atoms with Gasteiger partial charge in [-0.1, -0.05) is 23.7 Å². The number of nitrogens with one attached hydrogen (secondary N) is 1.